The molecule has 3 N–H and O–H groups in total. The third kappa shape index (κ3) is 2.44. The van der Waals surface area contributed by atoms with E-state index in [1.54, 1.807) is 13.1 Å². The number of aromatic nitrogens is 2. The first-order valence-electron chi connectivity index (χ1n) is 5.32. The zero-order valence-electron chi connectivity index (χ0n) is 9.67. The fraction of sp³-hybridized carbons (Fsp3) is 0.167. The van der Waals surface area contributed by atoms with Crippen LogP contribution in [0.25, 0.3) is 5.69 Å². The highest BCUT2D eigenvalue weighted by atomic mass is 79.9. The largest absolute Gasteiger partial charge is 0.389 e. The Labute approximate surface area is 112 Å². The minimum Gasteiger partial charge on any atom is -0.389 e. The van der Waals surface area contributed by atoms with Crippen LogP contribution in [0.3, 0.4) is 0 Å². The molecule has 1 aromatic carbocycles. The van der Waals surface area contributed by atoms with Gasteiger partial charge in [0.2, 0.25) is 0 Å². The molecule has 0 saturated heterocycles. The summed E-state index contributed by atoms with van der Waals surface area (Å²) in [4.78, 5) is 11.0. The summed E-state index contributed by atoms with van der Waals surface area (Å²) >= 11 is 3.35. The van der Waals surface area contributed by atoms with Gasteiger partial charge in [0.25, 0.3) is 5.91 Å². The number of nitrogens with two attached hydrogens (primary N) is 1. The van der Waals surface area contributed by atoms with Gasteiger partial charge in [0.1, 0.15) is 5.69 Å². The zero-order chi connectivity index (χ0) is 13.3. The zero-order valence-corrected chi connectivity index (χ0v) is 11.3. The third-order valence-electron chi connectivity index (χ3n) is 2.53. The van der Waals surface area contributed by atoms with Crippen LogP contribution in [0.15, 0.2) is 34.9 Å². The molecule has 0 saturated carbocycles. The van der Waals surface area contributed by atoms with Crippen LogP contribution >= 0.6 is 15.9 Å². The minimum absolute atomic E-state index is 0.189. The minimum atomic E-state index is -0.640. The van der Waals surface area contributed by atoms with E-state index in [9.17, 15) is 9.90 Å². The fourth-order valence-corrected chi connectivity index (χ4v) is 2.04. The number of benzene rings is 1. The predicted molar refractivity (Wildman–Crippen MR) is 70.4 cm³/mol. The molecule has 0 aliphatic carbocycles. The number of carbonyl (C=O) groups excluding carboxylic acids is 1. The van der Waals surface area contributed by atoms with E-state index < -0.39 is 12.0 Å². The lowest BCUT2D eigenvalue weighted by Crippen LogP contribution is -2.12. The van der Waals surface area contributed by atoms with Gasteiger partial charge in [-0.15, -0.1) is 0 Å². The molecule has 6 heteroatoms. The van der Waals surface area contributed by atoms with Crippen molar-refractivity contribution in [2.24, 2.45) is 5.73 Å². The van der Waals surface area contributed by atoms with Gasteiger partial charge in [-0.05, 0) is 31.2 Å². The highest BCUT2D eigenvalue weighted by Gasteiger charge is 2.12. The number of hydrogen-bond acceptors (Lipinski definition) is 3. The quantitative estimate of drug-likeness (QED) is 0.907. The van der Waals surface area contributed by atoms with Crippen molar-refractivity contribution in [1.82, 2.24) is 9.78 Å². The molecule has 0 bridgehead atoms. The molecule has 0 radical (unpaired) electrons. The lowest BCUT2D eigenvalue weighted by atomic mass is 10.1. The van der Waals surface area contributed by atoms with Gasteiger partial charge in [-0.25, -0.2) is 4.68 Å². The molecule has 0 aliphatic rings. The first-order chi connectivity index (χ1) is 8.49. The summed E-state index contributed by atoms with van der Waals surface area (Å²) < 4.78 is 2.39. The highest BCUT2D eigenvalue weighted by molar-refractivity contribution is 9.10. The maximum Gasteiger partial charge on any atom is 0.269 e. The van der Waals surface area contributed by atoms with Crippen molar-refractivity contribution in [3.05, 3.63) is 46.2 Å². The Balaban J connectivity index is 2.52. The number of carbonyl (C=O) groups is 1. The summed E-state index contributed by atoms with van der Waals surface area (Å²) in [5, 5.41) is 13.8. The van der Waals surface area contributed by atoms with Crippen LogP contribution in [0.4, 0.5) is 0 Å². The van der Waals surface area contributed by atoms with Gasteiger partial charge in [0, 0.05) is 16.2 Å². The van der Waals surface area contributed by atoms with Crippen LogP contribution < -0.4 is 5.73 Å². The molecule has 94 valence electrons. The summed E-state index contributed by atoms with van der Waals surface area (Å²) in [5.74, 6) is -0.579. The van der Waals surface area contributed by atoms with Gasteiger partial charge in [-0.3, -0.25) is 4.79 Å². The number of rotatable bonds is 3. The molecule has 0 fully saturated rings. The lowest BCUT2D eigenvalue weighted by Gasteiger charge is -2.12. The van der Waals surface area contributed by atoms with Crippen molar-refractivity contribution < 1.29 is 9.90 Å². The highest BCUT2D eigenvalue weighted by Crippen LogP contribution is 2.25. The monoisotopic (exact) mass is 309 g/mol. The second-order valence-electron chi connectivity index (χ2n) is 3.89. The van der Waals surface area contributed by atoms with Crippen molar-refractivity contribution in [3.8, 4) is 5.69 Å². The van der Waals surface area contributed by atoms with Crippen LogP contribution in [0, 0.1) is 0 Å². The second-order valence-corrected chi connectivity index (χ2v) is 4.80. The molecule has 1 amide bonds. The molecule has 0 spiro atoms. The number of nitrogens with zero attached hydrogens (tertiary/aromatic N) is 2. The van der Waals surface area contributed by atoms with Crippen molar-refractivity contribution in [2.75, 3.05) is 0 Å². The van der Waals surface area contributed by atoms with Gasteiger partial charge in [0.15, 0.2) is 0 Å². The molecule has 2 aromatic rings. The summed E-state index contributed by atoms with van der Waals surface area (Å²) in [5.41, 5.74) is 6.77. The number of amides is 1. The second kappa shape index (κ2) is 4.91. The Bertz CT molecular complexity index is 593. The normalized spacial score (nSPS) is 12.4. The van der Waals surface area contributed by atoms with E-state index in [2.05, 4.69) is 21.0 Å². The van der Waals surface area contributed by atoms with E-state index in [-0.39, 0.29) is 5.69 Å². The van der Waals surface area contributed by atoms with Crippen LogP contribution in [-0.4, -0.2) is 20.8 Å². The van der Waals surface area contributed by atoms with Crippen LogP contribution in [0.1, 0.15) is 29.1 Å². The average Bonchev–Trinajstić information content (AvgIpc) is 2.78. The molecule has 1 heterocycles. The van der Waals surface area contributed by atoms with E-state index in [0.717, 1.165) is 4.47 Å². The molecular weight excluding hydrogens is 298 g/mol. The van der Waals surface area contributed by atoms with Crippen LogP contribution in [-0.2, 0) is 0 Å². The first-order valence-corrected chi connectivity index (χ1v) is 6.11. The molecule has 18 heavy (non-hydrogen) atoms. The molecule has 5 nitrogen and oxygen atoms in total. The first kappa shape index (κ1) is 12.8. The Hall–Kier alpha value is -1.66. The average molecular weight is 310 g/mol. The third-order valence-corrected chi connectivity index (χ3v) is 3.02. The number of hydrogen-bond donors (Lipinski definition) is 2. The van der Waals surface area contributed by atoms with E-state index in [1.807, 2.05) is 18.2 Å². The molecule has 0 aliphatic heterocycles. The van der Waals surface area contributed by atoms with Crippen molar-refractivity contribution >= 4 is 21.8 Å². The van der Waals surface area contributed by atoms with Crippen LogP contribution in [0.2, 0.25) is 0 Å². The Morgan fingerprint density at radius 2 is 2.22 bits per heavy atom. The summed E-state index contributed by atoms with van der Waals surface area (Å²) in [6.45, 7) is 1.67. The van der Waals surface area contributed by atoms with E-state index in [0.29, 0.717) is 11.3 Å². The van der Waals surface area contributed by atoms with Crippen LogP contribution in [0.5, 0.6) is 0 Å². The number of aliphatic hydroxyl groups excluding tert-OH is 1. The summed E-state index contributed by atoms with van der Waals surface area (Å²) in [6.07, 6.45) is 0.994. The topological polar surface area (TPSA) is 81.1 Å². The summed E-state index contributed by atoms with van der Waals surface area (Å²) in [6, 6.07) is 7.00. The van der Waals surface area contributed by atoms with E-state index in [1.165, 1.54) is 10.7 Å². The van der Waals surface area contributed by atoms with E-state index >= 15 is 0 Å². The van der Waals surface area contributed by atoms with Gasteiger partial charge in [-0.2, -0.15) is 5.10 Å². The van der Waals surface area contributed by atoms with Crippen molar-refractivity contribution in [2.45, 2.75) is 13.0 Å². The SMILES string of the molecule is CC(O)c1cc(Br)ccc1-n1ccc(C(N)=O)n1. The number of halogens is 1. The predicted octanol–water partition coefficient (Wildman–Crippen LogP) is 1.79. The molecule has 1 atom stereocenters. The standard InChI is InChI=1S/C12H12BrN3O2/c1-7(17)9-6-8(13)2-3-11(9)16-5-4-10(15-16)12(14)18/h2-7,17H,1H3,(H2,14,18). The van der Waals surface area contributed by atoms with Gasteiger partial charge < -0.3 is 10.8 Å². The van der Waals surface area contributed by atoms with Gasteiger partial charge in [0.05, 0.1) is 11.8 Å². The number of primary amides is 1. The lowest BCUT2D eigenvalue weighted by molar-refractivity contribution is 0.0995. The molecular formula is C12H12BrN3O2. The maximum absolute atomic E-state index is 11.0. The van der Waals surface area contributed by atoms with Crippen molar-refractivity contribution in [1.29, 1.82) is 0 Å². The van der Waals surface area contributed by atoms with Gasteiger partial charge >= 0.3 is 0 Å². The molecule has 2 rings (SSSR count). The Morgan fingerprint density at radius 1 is 1.50 bits per heavy atom. The summed E-state index contributed by atoms with van der Waals surface area (Å²) in [7, 11) is 0. The smallest absolute Gasteiger partial charge is 0.269 e. The Morgan fingerprint density at radius 3 is 2.78 bits per heavy atom. The van der Waals surface area contributed by atoms with E-state index in [4.69, 9.17) is 5.73 Å². The van der Waals surface area contributed by atoms with Gasteiger partial charge in [-0.1, -0.05) is 15.9 Å². The molecule has 1 unspecified atom stereocenters. The number of aliphatic hydroxyl groups is 1. The van der Waals surface area contributed by atoms with Crippen molar-refractivity contribution in [3.63, 3.8) is 0 Å². The fourth-order valence-electron chi connectivity index (χ4n) is 1.66. The molecule has 1 aromatic heterocycles. The maximum atomic E-state index is 11.0. The Kier molecular flexibility index (Phi) is 3.49.